The van der Waals surface area contributed by atoms with E-state index in [2.05, 4.69) is 39.1 Å². The van der Waals surface area contributed by atoms with Gasteiger partial charge in [-0.15, -0.1) is 0 Å². The first-order valence-electron chi connectivity index (χ1n) is 10.5. The Labute approximate surface area is 187 Å². The third-order valence-electron chi connectivity index (χ3n) is 5.61. The van der Waals surface area contributed by atoms with Gasteiger partial charge in [-0.25, -0.2) is 14.3 Å². The molecule has 1 amide bonds. The highest BCUT2D eigenvalue weighted by molar-refractivity contribution is 5.78. The molecule has 8 heteroatoms. The van der Waals surface area contributed by atoms with Crippen LogP contribution in [0.4, 0.5) is 0 Å². The molecule has 0 aliphatic heterocycles. The van der Waals surface area contributed by atoms with Crippen molar-refractivity contribution in [2.24, 2.45) is 0 Å². The third kappa shape index (κ3) is 4.92. The molecular weight excluding hydrogens is 402 g/mol. The molecule has 8 nitrogen and oxygen atoms in total. The molecule has 0 spiro atoms. The molecule has 0 saturated heterocycles. The van der Waals surface area contributed by atoms with Crippen molar-refractivity contribution in [3.63, 3.8) is 0 Å². The Morgan fingerprint density at radius 2 is 1.69 bits per heavy atom. The lowest BCUT2D eigenvalue weighted by atomic mass is 10.1. The lowest BCUT2D eigenvalue weighted by Gasteiger charge is -2.27. The summed E-state index contributed by atoms with van der Waals surface area (Å²) in [6, 6.07) is 18.2. The molecule has 0 saturated carbocycles. The molecule has 2 aromatic heterocycles. The Hall–Kier alpha value is -3.78. The predicted molar refractivity (Wildman–Crippen MR) is 122 cm³/mol. The van der Waals surface area contributed by atoms with Gasteiger partial charge in [-0.05, 0) is 43.8 Å². The molecule has 0 bridgehead atoms. The molecule has 2 heterocycles. The van der Waals surface area contributed by atoms with Crippen LogP contribution in [0.1, 0.15) is 24.1 Å². The van der Waals surface area contributed by atoms with Gasteiger partial charge in [-0.1, -0.05) is 30.3 Å². The Bertz CT molecular complexity index is 1140. The van der Waals surface area contributed by atoms with Crippen molar-refractivity contribution in [2.75, 3.05) is 20.6 Å². The smallest absolute Gasteiger partial charge is 0.236 e. The van der Waals surface area contributed by atoms with Crippen LogP contribution in [0.2, 0.25) is 0 Å². The van der Waals surface area contributed by atoms with E-state index in [4.69, 9.17) is 0 Å². The molecule has 2 aromatic carbocycles. The van der Waals surface area contributed by atoms with Crippen LogP contribution in [0.5, 0.6) is 0 Å². The number of rotatable bonds is 8. The van der Waals surface area contributed by atoms with E-state index in [-0.39, 0.29) is 11.9 Å². The van der Waals surface area contributed by atoms with Crippen LogP contribution in [-0.2, 0) is 11.3 Å². The Morgan fingerprint density at radius 1 is 0.969 bits per heavy atom. The quantitative estimate of drug-likeness (QED) is 0.430. The van der Waals surface area contributed by atoms with Gasteiger partial charge >= 0.3 is 0 Å². The fourth-order valence-corrected chi connectivity index (χ4v) is 3.50. The molecule has 0 aliphatic rings. The number of carbonyl (C=O) groups excluding carboxylic acids is 1. The fourth-order valence-electron chi connectivity index (χ4n) is 3.50. The molecule has 0 fully saturated rings. The number of hydrogen-bond donors (Lipinski definition) is 0. The topological polar surface area (TPSA) is 72.1 Å². The van der Waals surface area contributed by atoms with Gasteiger partial charge in [0.05, 0.1) is 24.1 Å². The van der Waals surface area contributed by atoms with Crippen molar-refractivity contribution >= 4 is 5.91 Å². The summed E-state index contributed by atoms with van der Waals surface area (Å²) in [4.78, 5) is 20.6. The molecule has 4 rings (SSSR count). The molecule has 4 aromatic rings. The second-order valence-corrected chi connectivity index (χ2v) is 7.90. The van der Waals surface area contributed by atoms with Gasteiger partial charge in [0, 0.05) is 31.4 Å². The normalized spacial score (nSPS) is 12.1. The van der Waals surface area contributed by atoms with E-state index >= 15 is 0 Å². The first-order valence-corrected chi connectivity index (χ1v) is 10.5. The van der Waals surface area contributed by atoms with Crippen molar-refractivity contribution in [3.8, 4) is 11.4 Å². The predicted octanol–water partition coefficient (Wildman–Crippen LogP) is 3.10. The molecule has 0 radical (unpaired) electrons. The van der Waals surface area contributed by atoms with Crippen LogP contribution >= 0.6 is 0 Å². The van der Waals surface area contributed by atoms with Crippen LogP contribution in [0, 0.1) is 0 Å². The monoisotopic (exact) mass is 429 g/mol. The van der Waals surface area contributed by atoms with Crippen LogP contribution in [0.15, 0.2) is 79.6 Å². The summed E-state index contributed by atoms with van der Waals surface area (Å²) in [7, 11) is 3.79. The largest absolute Gasteiger partial charge is 0.340 e. The summed E-state index contributed by atoms with van der Waals surface area (Å²) in [6.45, 7) is 2.94. The van der Waals surface area contributed by atoms with Crippen molar-refractivity contribution in [3.05, 3.63) is 90.8 Å². The van der Waals surface area contributed by atoms with E-state index in [9.17, 15) is 4.79 Å². The molecule has 0 aliphatic carbocycles. The van der Waals surface area contributed by atoms with E-state index in [1.54, 1.807) is 22.1 Å². The van der Waals surface area contributed by atoms with Gasteiger partial charge in [0.25, 0.3) is 0 Å². The van der Waals surface area contributed by atoms with Crippen LogP contribution in [0.3, 0.4) is 0 Å². The molecular formula is C24H27N7O. The van der Waals surface area contributed by atoms with E-state index in [1.807, 2.05) is 67.4 Å². The number of aromatic nitrogens is 5. The summed E-state index contributed by atoms with van der Waals surface area (Å²) in [6.07, 6.45) is 6.95. The highest BCUT2D eigenvalue weighted by Gasteiger charge is 2.18. The van der Waals surface area contributed by atoms with Crippen molar-refractivity contribution < 1.29 is 4.79 Å². The lowest BCUT2D eigenvalue weighted by Crippen LogP contribution is -2.37. The summed E-state index contributed by atoms with van der Waals surface area (Å²) >= 11 is 0. The van der Waals surface area contributed by atoms with Gasteiger partial charge in [0.15, 0.2) is 0 Å². The van der Waals surface area contributed by atoms with Crippen molar-refractivity contribution in [1.82, 2.24) is 34.3 Å². The fraction of sp³-hybridized carbons (Fsp3) is 0.250. The number of carbonyl (C=O) groups is 1. The maximum atomic E-state index is 12.8. The minimum Gasteiger partial charge on any atom is -0.340 e. The van der Waals surface area contributed by atoms with E-state index in [0.717, 1.165) is 22.5 Å². The van der Waals surface area contributed by atoms with Crippen LogP contribution in [0.25, 0.3) is 11.4 Å². The second-order valence-electron chi connectivity index (χ2n) is 7.90. The third-order valence-corrected chi connectivity index (χ3v) is 5.61. The zero-order chi connectivity index (χ0) is 22.5. The maximum absolute atomic E-state index is 12.8. The molecule has 1 unspecified atom stereocenters. The zero-order valence-electron chi connectivity index (χ0n) is 18.5. The first-order chi connectivity index (χ1) is 15.5. The lowest BCUT2D eigenvalue weighted by molar-refractivity contribution is -0.131. The average molecular weight is 430 g/mol. The van der Waals surface area contributed by atoms with Gasteiger partial charge in [0.2, 0.25) is 5.91 Å². The summed E-state index contributed by atoms with van der Waals surface area (Å²) < 4.78 is 3.54. The maximum Gasteiger partial charge on any atom is 0.236 e. The summed E-state index contributed by atoms with van der Waals surface area (Å²) in [5, 5.41) is 8.56. The average Bonchev–Trinajstić information content (AvgIpc) is 3.52. The molecule has 32 heavy (non-hydrogen) atoms. The first kappa shape index (κ1) is 21.5. The number of likely N-dealkylation sites (N-methyl/N-ethyl adjacent to an activating group) is 2. The van der Waals surface area contributed by atoms with Gasteiger partial charge in [-0.3, -0.25) is 9.69 Å². The minimum atomic E-state index is 0.0612. The second kappa shape index (κ2) is 9.57. The summed E-state index contributed by atoms with van der Waals surface area (Å²) in [5.74, 6) is 0.0612. The van der Waals surface area contributed by atoms with Gasteiger partial charge < -0.3 is 4.90 Å². The number of hydrogen-bond acceptors (Lipinski definition) is 5. The van der Waals surface area contributed by atoms with Gasteiger partial charge in [-0.2, -0.15) is 10.2 Å². The highest BCUT2D eigenvalue weighted by Crippen LogP contribution is 2.20. The Balaban J connectivity index is 1.33. The van der Waals surface area contributed by atoms with Gasteiger partial charge in [0.1, 0.15) is 12.7 Å². The SMILES string of the molecule is CC(c1ccc(-n2cncn2)cc1)N(C)CC(=O)N(C)Cc1cnn(-c2ccccc2)c1. The van der Waals surface area contributed by atoms with Crippen molar-refractivity contribution in [2.45, 2.75) is 19.5 Å². The Morgan fingerprint density at radius 3 is 2.38 bits per heavy atom. The number of nitrogens with zero attached hydrogens (tertiary/aromatic N) is 7. The van der Waals surface area contributed by atoms with E-state index in [0.29, 0.717) is 13.1 Å². The standard InChI is InChI=1S/C24H27N7O/c1-19(21-9-11-23(12-10-21)31-18-25-17-27-31)28(2)16-24(32)29(3)14-20-13-26-30(15-20)22-7-5-4-6-8-22/h4-13,15,17-19H,14,16H2,1-3H3. The van der Waals surface area contributed by atoms with Crippen LogP contribution in [-0.4, -0.2) is 60.9 Å². The minimum absolute atomic E-state index is 0.0612. The summed E-state index contributed by atoms with van der Waals surface area (Å²) in [5.41, 5.74) is 4.07. The van der Waals surface area contributed by atoms with Crippen LogP contribution < -0.4 is 0 Å². The number of para-hydroxylation sites is 1. The molecule has 1 atom stereocenters. The molecule has 164 valence electrons. The van der Waals surface area contributed by atoms with E-state index < -0.39 is 0 Å². The van der Waals surface area contributed by atoms with Crippen molar-refractivity contribution in [1.29, 1.82) is 0 Å². The number of amides is 1. The molecule has 0 N–H and O–H groups in total. The highest BCUT2D eigenvalue weighted by atomic mass is 16.2. The number of benzene rings is 2. The van der Waals surface area contributed by atoms with E-state index in [1.165, 1.54) is 6.33 Å². The zero-order valence-corrected chi connectivity index (χ0v) is 18.5. The Kier molecular flexibility index (Phi) is 6.42.